The Labute approximate surface area is 134 Å². The minimum absolute atomic E-state index is 0.566. The maximum Gasteiger partial charge on any atom is 0.231 e. The summed E-state index contributed by atoms with van der Waals surface area (Å²) < 4.78 is 0. The first-order chi connectivity index (χ1) is 10.2. The summed E-state index contributed by atoms with van der Waals surface area (Å²) in [6.07, 6.45) is 0. The summed E-state index contributed by atoms with van der Waals surface area (Å²) in [4.78, 5) is 16.4. The van der Waals surface area contributed by atoms with Gasteiger partial charge in [-0.15, -0.1) is 0 Å². The van der Waals surface area contributed by atoms with Crippen LogP contribution < -0.4 is 10.2 Å². The molecule has 0 atom stereocenters. The Kier molecular flexibility index (Phi) is 5.64. The van der Waals surface area contributed by atoms with Crippen molar-refractivity contribution in [3.8, 4) is 0 Å². The highest BCUT2D eigenvalue weighted by Gasteiger charge is 2.11. The fourth-order valence-electron chi connectivity index (χ4n) is 1.79. The van der Waals surface area contributed by atoms with Gasteiger partial charge in [-0.2, -0.15) is 15.0 Å². The molecule has 1 N–H and O–H groups in total. The molecule has 0 aliphatic rings. The van der Waals surface area contributed by atoms with Crippen molar-refractivity contribution >= 4 is 35.3 Å². The molecular formula is C14H18ClN5S. The van der Waals surface area contributed by atoms with E-state index in [1.807, 2.05) is 24.3 Å². The third-order valence-electron chi connectivity index (χ3n) is 2.88. The van der Waals surface area contributed by atoms with Crippen LogP contribution in [0.3, 0.4) is 0 Å². The molecule has 0 aliphatic carbocycles. The summed E-state index contributed by atoms with van der Waals surface area (Å²) in [5.74, 6) is 1.25. The molecule has 0 fully saturated rings. The van der Waals surface area contributed by atoms with Crippen molar-refractivity contribution in [3.63, 3.8) is 0 Å². The van der Waals surface area contributed by atoms with E-state index in [-0.39, 0.29) is 0 Å². The molecule has 21 heavy (non-hydrogen) atoms. The van der Waals surface area contributed by atoms with Gasteiger partial charge in [0.1, 0.15) is 0 Å². The zero-order chi connectivity index (χ0) is 15.2. The van der Waals surface area contributed by atoms with Gasteiger partial charge in [-0.3, -0.25) is 0 Å². The van der Waals surface area contributed by atoms with Gasteiger partial charge in [-0.25, -0.2) is 0 Å². The minimum atomic E-state index is 0.566. The van der Waals surface area contributed by atoms with Crippen LogP contribution in [0.15, 0.2) is 34.3 Å². The van der Waals surface area contributed by atoms with E-state index >= 15 is 0 Å². The van der Waals surface area contributed by atoms with E-state index in [4.69, 9.17) is 11.6 Å². The van der Waals surface area contributed by atoms with E-state index in [2.05, 4.69) is 39.0 Å². The highest BCUT2D eigenvalue weighted by atomic mass is 35.5. The fraction of sp³-hybridized carbons (Fsp3) is 0.357. The van der Waals surface area contributed by atoms with Crippen molar-refractivity contribution in [1.29, 1.82) is 0 Å². The minimum Gasteiger partial charge on any atom is -0.357 e. The lowest BCUT2D eigenvalue weighted by Gasteiger charge is -2.19. The lowest BCUT2D eigenvalue weighted by molar-refractivity contribution is 0.785. The Morgan fingerprint density at radius 3 is 2.57 bits per heavy atom. The van der Waals surface area contributed by atoms with Crippen molar-refractivity contribution in [1.82, 2.24) is 15.0 Å². The van der Waals surface area contributed by atoms with Crippen LogP contribution in [-0.2, 0) is 0 Å². The van der Waals surface area contributed by atoms with Gasteiger partial charge < -0.3 is 10.2 Å². The number of nitrogens with zero attached hydrogens (tertiary/aromatic N) is 4. The van der Waals surface area contributed by atoms with Crippen molar-refractivity contribution in [2.75, 3.05) is 30.4 Å². The average Bonchev–Trinajstić information content (AvgIpc) is 2.48. The van der Waals surface area contributed by atoms with Crippen LogP contribution in [0.4, 0.5) is 11.9 Å². The molecule has 5 nitrogen and oxygen atoms in total. The maximum atomic E-state index is 6.01. The first kappa shape index (κ1) is 15.9. The maximum absolute atomic E-state index is 6.01. The molecule has 1 heterocycles. The number of halogens is 1. The van der Waals surface area contributed by atoms with Gasteiger partial charge >= 0.3 is 0 Å². The molecule has 1 aromatic heterocycles. The fourth-order valence-corrected chi connectivity index (χ4v) is 2.84. The Bertz CT molecular complexity index is 604. The molecule has 0 unspecified atom stereocenters. The van der Waals surface area contributed by atoms with E-state index in [1.165, 1.54) is 11.8 Å². The predicted molar refractivity (Wildman–Crippen MR) is 88.5 cm³/mol. The molecule has 7 heteroatoms. The van der Waals surface area contributed by atoms with Gasteiger partial charge in [0.2, 0.25) is 11.9 Å². The molecule has 0 aliphatic heterocycles. The van der Waals surface area contributed by atoms with Crippen molar-refractivity contribution in [3.05, 3.63) is 29.3 Å². The van der Waals surface area contributed by atoms with E-state index in [0.717, 1.165) is 18.0 Å². The van der Waals surface area contributed by atoms with Gasteiger partial charge in [0, 0.05) is 30.1 Å². The normalized spacial score (nSPS) is 10.5. The number of benzene rings is 1. The number of hydrogen-bond acceptors (Lipinski definition) is 6. The molecular weight excluding hydrogens is 306 g/mol. The van der Waals surface area contributed by atoms with Crippen LogP contribution >= 0.6 is 23.4 Å². The highest BCUT2D eigenvalue weighted by molar-refractivity contribution is 7.99. The van der Waals surface area contributed by atoms with E-state index in [9.17, 15) is 0 Å². The second-order valence-electron chi connectivity index (χ2n) is 4.22. The first-order valence-electron chi connectivity index (χ1n) is 6.78. The third kappa shape index (κ3) is 4.22. The first-order valence-corrected chi connectivity index (χ1v) is 7.97. The second-order valence-corrected chi connectivity index (χ2v) is 5.70. The number of aromatic nitrogens is 3. The van der Waals surface area contributed by atoms with Crippen molar-refractivity contribution in [2.45, 2.75) is 23.9 Å². The zero-order valence-electron chi connectivity index (χ0n) is 12.3. The molecule has 2 aromatic rings. The molecule has 0 saturated heterocycles. The third-order valence-corrected chi connectivity index (χ3v) is 3.97. The van der Waals surface area contributed by atoms with Crippen LogP contribution in [0.1, 0.15) is 13.8 Å². The molecule has 0 bridgehead atoms. The van der Waals surface area contributed by atoms with E-state index < -0.39 is 0 Å². The highest BCUT2D eigenvalue weighted by Crippen LogP contribution is 2.28. The van der Waals surface area contributed by atoms with Crippen LogP contribution in [0.25, 0.3) is 0 Å². The molecule has 0 spiro atoms. The number of nitrogens with one attached hydrogen (secondary N) is 1. The summed E-state index contributed by atoms with van der Waals surface area (Å²) >= 11 is 7.48. The lowest BCUT2D eigenvalue weighted by Crippen LogP contribution is -2.25. The Morgan fingerprint density at radius 1 is 1.19 bits per heavy atom. The standard InChI is InChI=1S/C14H18ClN5S/c1-4-20(5-2)13-17-12(16-3)18-14(19-13)21-11-8-6-7-10(15)9-11/h6-9H,4-5H2,1-3H3,(H,16,17,18,19). The Hall–Kier alpha value is -1.53. The predicted octanol–water partition coefficient (Wildman–Crippen LogP) is 3.56. The van der Waals surface area contributed by atoms with Crippen LogP contribution in [0.2, 0.25) is 5.02 Å². The van der Waals surface area contributed by atoms with Crippen molar-refractivity contribution in [2.24, 2.45) is 0 Å². The van der Waals surface area contributed by atoms with Gasteiger partial charge in [0.25, 0.3) is 0 Å². The molecule has 0 radical (unpaired) electrons. The van der Waals surface area contributed by atoms with E-state index in [1.54, 1.807) is 7.05 Å². The largest absolute Gasteiger partial charge is 0.357 e. The summed E-state index contributed by atoms with van der Waals surface area (Å²) in [7, 11) is 1.80. The lowest BCUT2D eigenvalue weighted by atomic mass is 10.4. The van der Waals surface area contributed by atoms with Gasteiger partial charge in [-0.05, 0) is 43.8 Å². The summed E-state index contributed by atoms with van der Waals surface area (Å²) in [6, 6.07) is 7.64. The second kappa shape index (κ2) is 7.47. The summed E-state index contributed by atoms with van der Waals surface area (Å²) in [5.41, 5.74) is 0. The zero-order valence-corrected chi connectivity index (χ0v) is 13.9. The van der Waals surface area contributed by atoms with Gasteiger partial charge in [-0.1, -0.05) is 17.7 Å². The molecule has 112 valence electrons. The number of anilines is 2. The van der Waals surface area contributed by atoms with E-state index in [0.29, 0.717) is 22.1 Å². The van der Waals surface area contributed by atoms with Crippen molar-refractivity contribution < 1.29 is 0 Å². The quantitative estimate of drug-likeness (QED) is 0.877. The monoisotopic (exact) mass is 323 g/mol. The smallest absolute Gasteiger partial charge is 0.231 e. The van der Waals surface area contributed by atoms with Crippen LogP contribution in [-0.4, -0.2) is 35.1 Å². The SMILES string of the molecule is CCN(CC)c1nc(NC)nc(Sc2cccc(Cl)c2)n1. The number of rotatable bonds is 6. The molecule has 1 aromatic carbocycles. The Morgan fingerprint density at radius 2 is 1.95 bits per heavy atom. The average molecular weight is 324 g/mol. The van der Waals surface area contributed by atoms with Gasteiger partial charge in [0.05, 0.1) is 0 Å². The Balaban J connectivity index is 2.32. The summed E-state index contributed by atoms with van der Waals surface area (Å²) in [5, 5.41) is 4.33. The van der Waals surface area contributed by atoms with Gasteiger partial charge in [0.15, 0.2) is 5.16 Å². The van der Waals surface area contributed by atoms with Crippen LogP contribution in [0, 0.1) is 0 Å². The molecule has 2 rings (SSSR count). The molecule has 0 amide bonds. The van der Waals surface area contributed by atoms with Crippen LogP contribution in [0.5, 0.6) is 0 Å². The topological polar surface area (TPSA) is 53.9 Å². The summed E-state index contributed by atoms with van der Waals surface area (Å²) in [6.45, 7) is 5.86. The molecule has 0 saturated carbocycles. The number of hydrogen-bond donors (Lipinski definition) is 1.